The number of anilines is 2. The van der Waals surface area contributed by atoms with Crippen LogP contribution in [0.25, 0.3) is 0 Å². The molecule has 0 fully saturated rings. The highest BCUT2D eigenvalue weighted by molar-refractivity contribution is 5.99. The molecule has 6 N–H and O–H groups in total. The maximum absolute atomic E-state index is 13.0. The molecule has 0 bridgehead atoms. The third-order valence-corrected chi connectivity index (χ3v) is 6.43. The molecule has 4 amide bonds. The fourth-order valence-electron chi connectivity index (χ4n) is 4.19. The van der Waals surface area contributed by atoms with Crippen molar-refractivity contribution < 1.29 is 34.2 Å². The molecular formula is C31H35N5O7. The first-order valence-electron chi connectivity index (χ1n) is 13.6. The van der Waals surface area contributed by atoms with Gasteiger partial charge in [-0.2, -0.15) is 0 Å². The van der Waals surface area contributed by atoms with Gasteiger partial charge in [0, 0.05) is 18.4 Å². The Labute approximate surface area is 248 Å². The Balaban J connectivity index is 1.56. The summed E-state index contributed by atoms with van der Waals surface area (Å²) in [6.07, 6.45) is 1.95. The quantitative estimate of drug-likeness (QED) is 0.174. The maximum atomic E-state index is 13.0. The number of pyridine rings is 1. The summed E-state index contributed by atoms with van der Waals surface area (Å²) in [5.74, 6) is -3.89. The average molecular weight is 590 g/mol. The summed E-state index contributed by atoms with van der Waals surface area (Å²) in [5.41, 5.74) is 2.49. The fourth-order valence-corrected chi connectivity index (χ4v) is 4.19. The van der Waals surface area contributed by atoms with Crippen molar-refractivity contribution in [2.24, 2.45) is 5.92 Å². The number of aliphatic carboxylic acids is 1. The monoisotopic (exact) mass is 589 g/mol. The van der Waals surface area contributed by atoms with Crippen LogP contribution in [-0.4, -0.2) is 57.6 Å². The highest BCUT2D eigenvalue weighted by Gasteiger charge is 2.26. The summed E-state index contributed by atoms with van der Waals surface area (Å²) in [6.45, 7) is 5.44. The molecule has 3 aromatic rings. The number of hydrogen-bond acceptors (Lipinski definition) is 6. The van der Waals surface area contributed by atoms with Crippen molar-refractivity contribution in [2.75, 3.05) is 17.2 Å². The molecule has 0 radical (unpaired) electrons. The van der Waals surface area contributed by atoms with Gasteiger partial charge >= 0.3 is 18.0 Å². The van der Waals surface area contributed by atoms with E-state index >= 15 is 0 Å². The molecule has 0 unspecified atom stereocenters. The molecule has 2 aromatic carbocycles. The fraction of sp³-hybridized carbons (Fsp3) is 0.290. The first-order valence-corrected chi connectivity index (χ1v) is 13.6. The number of carbonyl (C=O) groups excluding carboxylic acids is 3. The third kappa shape index (κ3) is 10.3. The summed E-state index contributed by atoms with van der Waals surface area (Å²) in [6, 6.07) is 14.2. The number of urea groups is 1. The highest BCUT2D eigenvalue weighted by Crippen LogP contribution is 2.17. The molecule has 12 nitrogen and oxygen atoms in total. The average Bonchev–Trinajstić information content (AvgIpc) is 2.95. The summed E-state index contributed by atoms with van der Waals surface area (Å²) in [7, 11) is 0. The Kier molecular flexibility index (Phi) is 11.3. The van der Waals surface area contributed by atoms with Crippen LogP contribution < -0.4 is 21.3 Å². The largest absolute Gasteiger partial charge is 0.481 e. The number of carbonyl (C=O) groups is 5. The normalized spacial score (nSPS) is 12.1. The summed E-state index contributed by atoms with van der Waals surface area (Å²) >= 11 is 0. The minimum Gasteiger partial charge on any atom is -0.481 e. The van der Waals surface area contributed by atoms with Crippen molar-refractivity contribution >= 4 is 41.3 Å². The Morgan fingerprint density at radius 1 is 0.860 bits per heavy atom. The smallest absolute Gasteiger partial charge is 0.335 e. The van der Waals surface area contributed by atoms with Gasteiger partial charge in [-0.25, -0.2) is 14.6 Å². The van der Waals surface area contributed by atoms with E-state index in [1.54, 1.807) is 36.5 Å². The van der Waals surface area contributed by atoms with E-state index in [-0.39, 0.29) is 24.4 Å². The van der Waals surface area contributed by atoms with E-state index in [1.165, 1.54) is 24.3 Å². The second-order valence-electron chi connectivity index (χ2n) is 10.5. The van der Waals surface area contributed by atoms with Crippen molar-refractivity contribution in [3.8, 4) is 0 Å². The SMILES string of the molecule is Cc1ccc(NC(=O)Nc2ccc(CC(=O)N[C@@H](CC(C)C)C(=O)NC[C@@H](C(=O)O)c3ccc(C(=O)O)cc3)cc2)nc1. The molecule has 0 aliphatic heterocycles. The second-order valence-corrected chi connectivity index (χ2v) is 10.5. The van der Waals surface area contributed by atoms with Crippen molar-refractivity contribution in [3.05, 3.63) is 89.1 Å². The van der Waals surface area contributed by atoms with Crippen molar-refractivity contribution in [2.45, 2.75) is 45.6 Å². The number of benzene rings is 2. The number of nitrogens with zero attached hydrogens (tertiary/aromatic N) is 1. The third-order valence-electron chi connectivity index (χ3n) is 6.43. The van der Waals surface area contributed by atoms with E-state index < -0.39 is 41.7 Å². The summed E-state index contributed by atoms with van der Waals surface area (Å²) < 4.78 is 0. The van der Waals surface area contributed by atoms with E-state index in [4.69, 9.17) is 5.11 Å². The Bertz CT molecular complexity index is 1440. The molecule has 226 valence electrons. The zero-order valence-electron chi connectivity index (χ0n) is 24.1. The molecule has 1 heterocycles. The topological polar surface area (TPSA) is 187 Å². The molecule has 0 aliphatic rings. The number of aryl methyl sites for hydroxylation is 1. The van der Waals surface area contributed by atoms with Gasteiger partial charge in [-0.05, 0) is 66.3 Å². The molecule has 43 heavy (non-hydrogen) atoms. The Morgan fingerprint density at radius 3 is 2.09 bits per heavy atom. The van der Waals surface area contributed by atoms with Gasteiger partial charge in [0.1, 0.15) is 11.9 Å². The highest BCUT2D eigenvalue weighted by atomic mass is 16.4. The number of amides is 4. The van der Waals surface area contributed by atoms with E-state index in [1.807, 2.05) is 26.8 Å². The predicted molar refractivity (Wildman–Crippen MR) is 160 cm³/mol. The van der Waals surface area contributed by atoms with Crippen LogP contribution in [0.2, 0.25) is 0 Å². The molecule has 0 saturated heterocycles. The van der Waals surface area contributed by atoms with Crippen LogP contribution in [0, 0.1) is 12.8 Å². The number of nitrogens with one attached hydrogen (secondary N) is 4. The van der Waals surface area contributed by atoms with Crippen LogP contribution in [-0.2, 0) is 20.8 Å². The zero-order chi connectivity index (χ0) is 31.5. The lowest BCUT2D eigenvalue weighted by molar-refractivity contribution is -0.139. The zero-order valence-corrected chi connectivity index (χ0v) is 24.1. The number of hydrogen-bond donors (Lipinski definition) is 6. The van der Waals surface area contributed by atoms with Gasteiger partial charge in [0.15, 0.2) is 0 Å². The standard InChI is InChI=1S/C31H35N5O7/c1-18(2)14-25(28(38)33-17-24(30(41)42)21-7-9-22(10-8-21)29(39)40)35-27(37)15-20-5-11-23(12-6-20)34-31(43)36-26-13-4-19(3)16-32-26/h4-13,16,18,24-25H,14-15,17H2,1-3H3,(H,33,38)(H,35,37)(H,39,40)(H,41,42)(H2,32,34,36,43)/t24-,25+/m1/s1. The number of carboxylic acids is 2. The number of rotatable bonds is 13. The van der Waals surface area contributed by atoms with Crippen LogP contribution in [0.3, 0.4) is 0 Å². The molecule has 1 aromatic heterocycles. The van der Waals surface area contributed by atoms with Crippen LogP contribution in [0.15, 0.2) is 66.9 Å². The number of aromatic nitrogens is 1. The second kappa shape index (κ2) is 15.1. The first-order chi connectivity index (χ1) is 20.4. The molecule has 2 atom stereocenters. The van der Waals surface area contributed by atoms with E-state index in [2.05, 4.69) is 26.3 Å². The lowest BCUT2D eigenvalue weighted by atomic mass is 9.97. The molecule has 12 heteroatoms. The van der Waals surface area contributed by atoms with Gasteiger partial charge in [-0.15, -0.1) is 0 Å². The van der Waals surface area contributed by atoms with Crippen LogP contribution in [0.5, 0.6) is 0 Å². The molecular weight excluding hydrogens is 554 g/mol. The van der Waals surface area contributed by atoms with E-state index in [0.29, 0.717) is 29.1 Å². The minimum absolute atomic E-state index is 0.0173. The Morgan fingerprint density at radius 2 is 1.53 bits per heavy atom. The number of carboxylic acid groups (broad SMARTS) is 2. The van der Waals surface area contributed by atoms with Gasteiger partial charge < -0.3 is 26.2 Å². The molecule has 0 saturated carbocycles. The van der Waals surface area contributed by atoms with Crippen LogP contribution in [0.4, 0.5) is 16.3 Å². The Hall–Kier alpha value is -5.26. The van der Waals surface area contributed by atoms with Gasteiger partial charge in [0.2, 0.25) is 11.8 Å². The van der Waals surface area contributed by atoms with Crippen molar-refractivity contribution in [1.82, 2.24) is 15.6 Å². The summed E-state index contributed by atoms with van der Waals surface area (Å²) in [4.78, 5) is 65.2. The lowest BCUT2D eigenvalue weighted by Gasteiger charge is -2.22. The molecule has 0 aliphatic carbocycles. The maximum Gasteiger partial charge on any atom is 0.335 e. The van der Waals surface area contributed by atoms with Crippen molar-refractivity contribution in [1.29, 1.82) is 0 Å². The summed E-state index contributed by atoms with van der Waals surface area (Å²) in [5, 5.41) is 29.4. The van der Waals surface area contributed by atoms with Gasteiger partial charge in [0.25, 0.3) is 0 Å². The van der Waals surface area contributed by atoms with Crippen molar-refractivity contribution in [3.63, 3.8) is 0 Å². The van der Waals surface area contributed by atoms with Gasteiger partial charge in [0.05, 0.1) is 17.9 Å². The number of aromatic carboxylic acids is 1. The van der Waals surface area contributed by atoms with Gasteiger partial charge in [-0.3, -0.25) is 19.7 Å². The van der Waals surface area contributed by atoms with E-state index in [9.17, 15) is 29.1 Å². The predicted octanol–water partition coefficient (Wildman–Crippen LogP) is 3.79. The van der Waals surface area contributed by atoms with Crippen LogP contribution >= 0.6 is 0 Å². The lowest BCUT2D eigenvalue weighted by Crippen LogP contribution is -2.49. The van der Waals surface area contributed by atoms with Crippen LogP contribution in [0.1, 0.15) is 53.2 Å². The first kappa shape index (κ1) is 32.3. The molecule has 3 rings (SSSR count). The minimum atomic E-state index is -1.19. The van der Waals surface area contributed by atoms with Gasteiger partial charge in [-0.1, -0.05) is 44.2 Å². The molecule has 0 spiro atoms. The van der Waals surface area contributed by atoms with E-state index in [0.717, 1.165) is 5.56 Å².